The fourth-order valence-electron chi connectivity index (χ4n) is 2.74. The lowest BCUT2D eigenvalue weighted by molar-refractivity contribution is -0.128. The topological polar surface area (TPSA) is 84.9 Å². The molecule has 0 unspecified atom stereocenters. The summed E-state index contributed by atoms with van der Waals surface area (Å²) >= 11 is 0. The molecule has 0 aliphatic heterocycles. The Hall–Kier alpha value is -2.74. The summed E-state index contributed by atoms with van der Waals surface area (Å²) < 4.78 is 35.9. The minimum atomic E-state index is -3.33. The molecule has 0 bridgehead atoms. The maximum absolute atomic E-state index is 12.4. The molecule has 0 heterocycles. The second kappa shape index (κ2) is 10.3. The Kier molecular flexibility index (Phi) is 8.11. The number of rotatable bonds is 10. The number of hydrogen-bond acceptors (Lipinski definition) is 5. The van der Waals surface area contributed by atoms with Crippen molar-refractivity contribution in [3.8, 4) is 11.5 Å². The van der Waals surface area contributed by atoms with Crippen molar-refractivity contribution < 1.29 is 22.7 Å². The summed E-state index contributed by atoms with van der Waals surface area (Å²) in [4.78, 5) is 12.4. The van der Waals surface area contributed by atoms with Crippen molar-refractivity contribution in [2.75, 3.05) is 30.8 Å². The molecular weight excluding hydrogens is 404 g/mol. The van der Waals surface area contributed by atoms with E-state index in [1.807, 2.05) is 39.0 Å². The predicted octanol–water partition coefficient (Wildman–Crippen LogP) is 3.05. The molecule has 0 saturated carbocycles. The van der Waals surface area contributed by atoms with Gasteiger partial charge in [0.2, 0.25) is 10.0 Å². The Morgan fingerprint density at radius 2 is 1.80 bits per heavy atom. The molecule has 0 aliphatic rings. The summed E-state index contributed by atoms with van der Waals surface area (Å²) in [7, 11) is -1.85. The highest BCUT2D eigenvalue weighted by Crippen LogP contribution is 2.22. The van der Waals surface area contributed by atoms with E-state index in [9.17, 15) is 13.2 Å². The first kappa shape index (κ1) is 23.5. The summed E-state index contributed by atoms with van der Waals surface area (Å²) in [5.74, 6) is 1.08. The first-order chi connectivity index (χ1) is 14.1. The van der Waals surface area contributed by atoms with Crippen LogP contribution in [0.4, 0.5) is 5.69 Å². The quantitative estimate of drug-likeness (QED) is 0.581. The molecule has 1 atom stereocenters. The predicted molar refractivity (Wildman–Crippen MR) is 119 cm³/mol. The number of hydrogen-bond donors (Lipinski definition) is 1. The average Bonchev–Trinajstić information content (AvgIpc) is 2.71. The Balaban J connectivity index is 1.86. The van der Waals surface area contributed by atoms with Gasteiger partial charge in [0.25, 0.3) is 5.91 Å². The molecular formula is C22H30N2O5S. The van der Waals surface area contributed by atoms with E-state index in [0.717, 1.165) is 23.1 Å². The minimum Gasteiger partial charge on any atom is -0.491 e. The molecule has 1 amide bonds. The van der Waals surface area contributed by atoms with E-state index in [2.05, 4.69) is 5.32 Å². The Morgan fingerprint density at radius 3 is 2.40 bits per heavy atom. The molecule has 2 rings (SSSR count). The Bertz CT molecular complexity index is 958. The van der Waals surface area contributed by atoms with Gasteiger partial charge in [-0.1, -0.05) is 19.1 Å². The standard InChI is InChI=1S/C22H30N2O5S/c1-6-20(29-19-12-10-18(11-13-19)24(4)30(5,26)27)22(25)23-14-15-28-21-9-7-8-16(2)17(21)3/h7-13,20H,6,14-15H2,1-5H3,(H,23,25)/t20-/m1/s1. The second-order valence-corrected chi connectivity index (χ2v) is 9.09. The molecule has 1 N–H and O–H groups in total. The van der Waals surface area contributed by atoms with E-state index in [1.165, 1.54) is 11.4 Å². The number of ether oxygens (including phenoxy) is 2. The van der Waals surface area contributed by atoms with Gasteiger partial charge in [0.1, 0.15) is 18.1 Å². The summed E-state index contributed by atoms with van der Waals surface area (Å²) in [6.07, 6.45) is 0.984. The van der Waals surface area contributed by atoms with Crippen molar-refractivity contribution in [1.29, 1.82) is 0 Å². The average molecular weight is 435 g/mol. The van der Waals surface area contributed by atoms with Gasteiger partial charge in [-0.2, -0.15) is 0 Å². The van der Waals surface area contributed by atoms with Crippen LogP contribution >= 0.6 is 0 Å². The monoisotopic (exact) mass is 434 g/mol. The van der Waals surface area contributed by atoms with Gasteiger partial charge in [-0.15, -0.1) is 0 Å². The normalized spacial score (nSPS) is 12.2. The van der Waals surface area contributed by atoms with Crippen LogP contribution in [-0.2, 0) is 14.8 Å². The Morgan fingerprint density at radius 1 is 1.13 bits per heavy atom. The van der Waals surface area contributed by atoms with E-state index in [-0.39, 0.29) is 5.91 Å². The molecule has 0 aliphatic carbocycles. The maximum Gasteiger partial charge on any atom is 0.261 e. The van der Waals surface area contributed by atoms with Gasteiger partial charge in [0.05, 0.1) is 18.5 Å². The third-order valence-electron chi connectivity index (χ3n) is 4.85. The van der Waals surface area contributed by atoms with Crippen LogP contribution in [0.2, 0.25) is 0 Å². The molecule has 0 spiro atoms. The molecule has 164 valence electrons. The number of nitrogens with zero attached hydrogens (tertiary/aromatic N) is 1. The largest absolute Gasteiger partial charge is 0.491 e. The van der Waals surface area contributed by atoms with Crippen LogP contribution in [0.1, 0.15) is 24.5 Å². The lowest BCUT2D eigenvalue weighted by Gasteiger charge is -2.19. The summed E-state index contributed by atoms with van der Waals surface area (Å²) in [5.41, 5.74) is 2.76. The SMILES string of the molecule is CC[C@@H](Oc1ccc(N(C)S(C)(=O)=O)cc1)C(=O)NCCOc1cccc(C)c1C. The van der Waals surface area contributed by atoms with Gasteiger partial charge in [-0.3, -0.25) is 9.10 Å². The maximum atomic E-state index is 12.4. The lowest BCUT2D eigenvalue weighted by Crippen LogP contribution is -2.39. The summed E-state index contributed by atoms with van der Waals surface area (Å²) in [6.45, 7) is 6.62. The van der Waals surface area contributed by atoms with Gasteiger partial charge in [0, 0.05) is 7.05 Å². The molecule has 8 heteroatoms. The van der Waals surface area contributed by atoms with E-state index in [1.54, 1.807) is 24.3 Å². The third kappa shape index (κ3) is 6.38. The molecule has 0 saturated heterocycles. The van der Waals surface area contributed by atoms with Gasteiger partial charge in [0.15, 0.2) is 6.10 Å². The number of anilines is 1. The first-order valence-corrected chi connectivity index (χ1v) is 11.7. The smallest absolute Gasteiger partial charge is 0.261 e. The zero-order valence-electron chi connectivity index (χ0n) is 18.1. The van der Waals surface area contributed by atoms with Crippen LogP contribution in [0.15, 0.2) is 42.5 Å². The molecule has 2 aromatic rings. The first-order valence-electron chi connectivity index (χ1n) is 9.80. The van der Waals surface area contributed by atoms with Gasteiger partial charge in [-0.25, -0.2) is 8.42 Å². The van der Waals surface area contributed by atoms with Crippen LogP contribution in [0, 0.1) is 13.8 Å². The molecule has 2 aromatic carbocycles. The van der Waals surface area contributed by atoms with Crippen LogP contribution in [0.3, 0.4) is 0 Å². The fraction of sp³-hybridized carbons (Fsp3) is 0.409. The number of carbonyl (C=O) groups excluding carboxylic acids is 1. The zero-order chi connectivity index (χ0) is 22.3. The zero-order valence-corrected chi connectivity index (χ0v) is 19.0. The fourth-order valence-corrected chi connectivity index (χ4v) is 3.25. The second-order valence-electron chi connectivity index (χ2n) is 7.08. The molecule has 0 fully saturated rings. The van der Waals surface area contributed by atoms with Crippen molar-refractivity contribution in [2.45, 2.75) is 33.3 Å². The number of carbonyl (C=O) groups is 1. The van der Waals surface area contributed by atoms with E-state index < -0.39 is 16.1 Å². The molecule has 30 heavy (non-hydrogen) atoms. The van der Waals surface area contributed by atoms with Crippen molar-refractivity contribution in [2.24, 2.45) is 0 Å². The summed E-state index contributed by atoms with van der Waals surface area (Å²) in [6, 6.07) is 12.5. The van der Waals surface area contributed by atoms with Crippen molar-refractivity contribution >= 4 is 21.6 Å². The third-order valence-corrected chi connectivity index (χ3v) is 6.06. The number of benzene rings is 2. The highest BCUT2D eigenvalue weighted by molar-refractivity contribution is 7.92. The van der Waals surface area contributed by atoms with E-state index in [4.69, 9.17) is 9.47 Å². The van der Waals surface area contributed by atoms with Gasteiger partial charge < -0.3 is 14.8 Å². The van der Waals surface area contributed by atoms with E-state index in [0.29, 0.717) is 31.0 Å². The van der Waals surface area contributed by atoms with Crippen LogP contribution in [-0.4, -0.2) is 46.9 Å². The molecule has 7 nitrogen and oxygen atoms in total. The van der Waals surface area contributed by atoms with Crippen molar-refractivity contribution in [3.05, 3.63) is 53.6 Å². The lowest BCUT2D eigenvalue weighted by atomic mass is 10.1. The number of sulfonamides is 1. The number of aryl methyl sites for hydroxylation is 1. The van der Waals surface area contributed by atoms with Crippen molar-refractivity contribution in [1.82, 2.24) is 5.32 Å². The van der Waals surface area contributed by atoms with Crippen molar-refractivity contribution in [3.63, 3.8) is 0 Å². The molecule has 0 aromatic heterocycles. The highest BCUT2D eigenvalue weighted by Gasteiger charge is 2.18. The Labute approximate surface area is 179 Å². The highest BCUT2D eigenvalue weighted by atomic mass is 32.2. The molecule has 0 radical (unpaired) electrons. The van der Waals surface area contributed by atoms with Gasteiger partial charge >= 0.3 is 0 Å². The van der Waals surface area contributed by atoms with Crippen LogP contribution in [0.5, 0.6) is 11.5 Å². The van der Waals surface area contributed by atoms with Gasteiger partial charge in [-0.05, 0) is 61.7 Å². The van der Waals surface area contributed by atoms with E-state index >= 15 is 0 Å². The minimum absolute atomic E-state index is 0.223. The van der Waals surface area contributed by atoms with Crippen LogP contribution in [0.25, 0.3) is 0 Å². The summed E-state index contributed by atoms with van der Waals surface area (Å²) in [5, 5.41) is 2.83. The number of amides is 1. The number of nitrogens with one attached hydrogen (secondary N) is 1. The van der Waals surface area contributed by atoms with Crippen LogP contribution < -0.4 is 19.1 Å².